The maximum absolute atomic E-state index is 11.9. The minimum Gasteiger partial charge on any atom is -0.452 e. The molecule has 9 nitrogen and oxygen atoms in total. The lowest BCUT2D eigenvalue weighted by molar-refractivity contribution is -0.384. The molecular weight excluding hydrogens is 374 g/mol. The Kier molecular flexibility index (Phi) is 7.59. The van der Waals surface area contributed by atoms with Gasteiger partial charge in [0.05, 0.1) is 10.7 Å². The number of ether oxygens (including phenoxy) is 1. The van der Waals surface area contributed by atoms with Crippen molar-refractivity contribution < 1.29 is 24.0 Å². The highest BCUT2D eigenvalue weighted by Crippen LogP contribution is 2.21. The summed E-state index contributed by atoms with van der Waals surface area (Å²) in [7, 11) is 0. The van der Waals surface area contributed by atoms with Crippen LogP contribution in [0.2, 0.25) is 0 Å². The molecule has 0 bridgehead atoms. The van der Waals surface area contributed by atoms with Gasteiger partial charge >= 0.3 is 12.0 Å². The lowest BCUT2D eigenvalue weighted by atomic mass is 10.2. The standard InChI is InChI=1S/C17H21N3O6S/c1-11(16(22)19-17(23)18-12-4-2-3-5-12)26-15(21)10-27-14-8-6-13(7-9-14)20(24)25/h6-9,11-12H,2-5,10H2,1H3,(H2,18,19,22,23)/t11-/m1/s1. The number of benzene rings is 1. The number of carbonyl (C=O) groups is 3. The molecule has 1 atom stereocenters. The van der Waals surface area contributed by atoms with Crippen molar-refractivity contribution in [3.05, 3.63) is 34.4 Å². The van der Waals surface area contributed by atoms with Crippen molar-refractivity contribution in [2.24, 2.45) is 0 Å². The highest BCUT2D eigenvalue weighted by molar-refractivity contribution is 8.00. The molecule has 1 aliphatic rings. The molecule has 3 amide bonds. The van der Waals surface area contributed by atoms with Crippen LogP contribution in [0.4, 0.5) is 10.5 Å². The largest absolute Gasteiger partial charge is 0.452 e. The number of hydrogen-bond acceptors (Lipinski definition) is 7. The van der Waals surface area contributed by atoms with E-state index in [2.05, 4.69) is 10.6 Å². The Morgan fingerprint density at radius 2 is 1.89 bits per heavy atom. The van der Waals surface area contributed by atoms with E-state index in [0.717, 1.165) is 37.4 Å². The molecular formula is C17H21N3O6S. The zero-order chi connectivity index (χ0) is 19.8. The van der Waals surface area contributed by atoms with Gasteiger partial charge in [0.2, 0.25) is 0 Å². The minimum atomic E-state index is -1.11. The Bertz CT molecular complexity index is 703. The molecule has 0 radical (unpaired) electrons. The second-order valence-electron chi connectivity index (χ2n) is 6.12. The van der Waals surface area contributed by atoms with Gasteiger partial charge in [-0.1, -0.05) is 12.8 Å². The quantitative estimate of drug-likeness (QED) is 0.314. The van der Waals surface area contributed by atoms with Crippen LogP contribution in [0.15, 0.2) is 29.2 Å². The van der Waals surface area contributed by atoms with Crippen molar-refractivity contribution in [2.45, 2.75) is 49.6 Å². The van der Waals surface area contributed by atoms with Gasteiger partial charge in [0, 0.05) is 23.1 Å². The van der Waals surface area contributed by atoms with E-state index in [-0.39, 0.29) is 17.5 Å². The van der Waals surface area contributed by atoms with Crippen molar-refractivity contribution in [3.8, 4) is 0 Å². The van der Waals surface area contributed by atoms with Crippen LogP contribution in [0.5, 0.6) is 0 Å². The summed E-state index contributed by atoms with van der Waals surface area (Å²) in [6, 6.07) is 5.22. The summed E-state index contributed by atoms with van der Waals surface area (Å²) in [6.07, 6.45) is 2.79. The number of urea groups is 1. The van der Waals surface area contributed by atoms with Gasteiger partial charge in [-0.25, -0.2) is 4.79 Å². The molecule has 27 heavy (non-hydrogen) atoms. The molecule has 0 saturated heterocycles. The smallest absolute Gasteiger partial charge is 0.321 e. The number of thioether (sulfide) groups is 1. The summed E-state index contributed by atoms with van der Waals surface area (Å²) in [6.45, 7) is 1.38. The van der Waals surface area contributed by atoms with Crippen molar-refractivity contribution in [1.29, 1.82) is 0 Å². The minimum absolute atomic E-state index is 0.0388. The van der Waals surface area contributed by atoms with E-state index >= 15 is 0 Å². The van der Waals surface area contributed by atoms with Crippen molar-refractivity contribution >= 4 is 35.4 Å². The van der Waals surface area contributed by atoms with Crippen molar-refractivity contribution in [3.63, 3.8) is 0 Å². The number of imide groups is 1. The Balaban J connectivity index is 1.71. The predicted octanol–water partition coefficient (Wildman–Crippen LogP) is 2.39. The van der Waals surface area contributed by atoms with Crippen LogP contribution in [-0.2, 0) is 14.3 Å². The number of amides is 3. The fraction of sp³-hybridized carbons (Fsp3) is 0.471. The SMILES string of the molecule is C[C@@H](OC(=O)CSc1ccc([N+](=O)[O-])cc1)C(=O)NC(=O)NC1CCCC1. The zero-order valence-corrected chi connectivity index (χ0v) is 15.6. The Morgan fingerprint density at radius 3 is 2.48 bits per heavy atom. The normalized spacial score (nSPS) is 15.0. The van der Waals surface area contributed by atoms with E-state index in [9.17, 15) is 24.5 Å². The monoisotopic (exact) mass is 395 g/mol. The lowest BCUT2D eigenvalue weighted by Gasteiger charge is -2.15. The molecule has 1 saturated carbocycles. The van der Waals surface area contributed by atoms with Gasteiger partial charge < -0.3 is 10.1 Å². The number of nitro benzene ring substituents is 1. The molecule has 0 heterocycles. The van der Waals surface area contributed by atoms with E-state index in [1.54, 1.807) is 0 Å². The van der Waals surface area contributed by atoms with Crippen molar-refractivity contribution in [1.82, 2.24) is 10.6 Å². The van der Waals surface area contributed by atoms with E-state index in [1.807, 2.05) is 0 Å². The fourth-order valence-corrected chi connectivity index (χ4v) is 3.28. The molecule has 2 N–H and O–H groups in total. The van der Waals surface area contributed by atoms with Gasteiger partial charge in [0.1, 0.15) is 0 Å². The third kappa shape index (κ3) is 6.89. The van der Waals surface area contributed by atoms with Gasteiger partial charge in [-0.3, -0.25) is 25.0 Å². The fourth-order valence-electron chi connectivity index (χ4n) is 2.60. The number of nitrogens with zero attached hydrogens (tertiary/aromatic N) is 1. The molecule has 1 aromatic rings. The first-order chi connectivity index (χ1) is 12.8. The Labute approximate surface area is 160 Å². The number of hydrogen-bond donors (Lipinski definition) is 2. The number of non-ortho nitro benzene ring substituents is 1. The number of esters is 1. The van der Waals surface area contributed by atoms with Crippen LogP contribution < -0.4 is 10.6 Å². The highest BCUT2D eigenvalue weighted by Gasteiger charge is 2.22. The van der Waals surface area contributed by atoms with E-state index in [1.165, 1.54) is 31.2 Å². The van der Waals surface area contributed by atoms with Gasteiger partial charge in [-0.05, 0) is 31.9 Å². The van der Waals surface area contributed by atoms with Gasteiger partial charge in [0.25, 0.3) is 11.6 Å². The molecule has 1 fully saturated rings. The summed E-state index contributed by atoms with van der Waals surface area (Å²) in [4.78, 5) is 46.3. The van der Waals surface area contributed by atoms with Crippen LogP contribution in [0, 0.1) is 10.1 Å². The summed E-state index contributed by atoms with van der Waals surface area (Å²) >= 11 is 1.13. The van der Waals surface area contributed by atoms with Crippen LogP contribution in [0.3, 0.4) is 0 Å². The summed E-state index contributed by atoms with van der Waals surface area (Å²) in [5.41, 5.74) is -0.0388. The number of rotatable bonds is 7. The first kappa shape index (κ1) is 20.7. The maximum atomic E-state index is 11.9. The number of nitro groups is 1. The zero-order valence-electron chi connectivity index (χ0n) is 14.8. The first-order valence-corrected chi connectivity index (χ1v) is 9.52. The lowest BCUT2D eigenvalue weighted by Crippen LogP contribution is -2.47. The van der Waals surface area contributed by atoms with Gasteiger partial charge in [-0.15, -0.1) is 11.8 Å². The van der Waals surface area contributed by atoms with Gasteiger partial charge in [-0.2, -0.15) is 0 Å². The van der Waals surface area contributed by atoms with Crippen LogP contribution >= 0.6 is 11.8 Å². The summed E-state index contributed by atoms with van der Waals surface area (Å²) < 4.78 is 5.01. The summed E-state index contributed by atoms with van der Waals surface area (Å²) in [5, 5.41) is 15.5. The topological polar surface area (TPSA) is 128 Å². The molecule has 146 valence electrons. The second-order valence-corrected chi connectivity index (χ2v) is 7.16. The average molecular weight is 395 g/mol. The van der Waals surface area contributed by atoms with Crippen LogP contribution in [0.1, 0.15) is 32.6 Å². The van der Waals surface area contributed by atoms with Gasteiger partial charge in [0.15, 0.2) is 6.10 Å². The maximum Gasteiger partial charge on any atom is 0.321 e. The molecule has 1 aromatic carbocycles. The molecule has 0 aromatic heterocycles. The molecule has 1 aliphatic carbocycles. The molecule has 0 aliphatic heterocycles. The third-order valence-electron chi connectivity index (χ3n) is 4.01. The Morgan fingerprint density at radius 1 is 1.26 bits per heavy atom. The van der Waals surface area contributed by atoms with Crippen LogP contribution in [0.25, 0.3) is 0 Å². The first-order valence-electron chi connectivity index (χ1n) is 8.53. The van der Waals surface area contributed by atoms with E-state index in [4.69, 9.17) is 4.74 Å². The van der Waals surface area contributed by atoms with E-state index < -0.39 is 28.9 Å². The molecule has 10 heteroatoms. The van der Waals surface area contributed by atoms with E-state index in [0.29, 0.717) is 4.90 Å². The number of nitrogens with one attached hydrogen (secondary N) is 2. The predicted molar refractivity (Wildman–Crippen MR) is 98.3 cm³/mol. The van der Waals surface area contributed by atoms with Crippen LogP contribution in [-0.4, -0.2) is 40.7 Å². The average Bonchev–Trinajstić information content (AvgIpc) is 3.13. The summed E-state index contributed by atoms with van der Waals surface area (Å²) in [5.74, 6) is -1.39. The molecule has 0 spiro atoms. The third-order valence-corrected chi connectivity index (χ3v) is 4.99. The highest BCUT2D eigenvalue weighted by atomic mass is 32.2. The Hall–Kier alpha value is -2.62. The van der Waals surface area contributed by atoms with Crippen molar-refractivity contribution in [2.75, 3.05) is 5.75 Å². The second kappa shape index (κ2) is 9.91. The molecule has 2 rings (SSSR count). The number of carbonyl (C=O) groups excluding carboxylic acids is 3. The molecule has 0 unspecified atom stereocenters.